The lowest BCUT2D eigenvalue weighted by Gasteiger charge is -2.33. The maximum Gasteiger partial charge on any atom is 0.258 e. The van der Waals surface area contributed by atoms with E-state index in [1.807, 2.05) is 11.6 Å². The molecule has 2 aliphatic rings. The molecular weight excluding hydrogens is 299 g/mol. The quantitative estimate of drug-likeness (QED) is 0.922. The van der Waals surface area contributed by atoms with Crippen molar-refractivity contribution in [2.24, 2.45) is 0 Å². The highest BCUT2D eigenvalue weighted by atomic mass is 19.1. The predicted octanol–water partition coefficient (Wildman–Crippen LogP) is 2.22. The molecule has 120 valence electrons. The summed E-state index contributed by atoms with van der Waals surface area (Å²) in [5.41, 5.74) is 0.105. The zero-order chi connectivity index (χ0) is 16.1. The van der Waals surface area contributed by atoms with Gasteiger partial charge in [0.2, 0.25) is 0 Å². The molecule has 2 aromatic rings. The fourth-order valence-corrected chi connectivity index (χ4v) is 3.01. The molecule has 23 heavy (non-hydrogen) atoms. The van der Waals surface area contributed by atoms with Crippen LogP contribution < -0.4 is 0 Å². The smallest absolute Gasteiger partial charge is 0.258 e. The lowest BCUT2D eigenvalue weighted by Crippen LogP contribution is -2.41. The molecule has 1 aliphatic heterocycles. The molecule has 0 radical (unpaired) electrons. The largest absolute Gasteiger partial charge is 0.507 e. The van der Waals surface area contributed by atoms with E-state index in [4.69, 9.17) is 0 Å². The van der Waals surface area contributed by atoms with Crippen molar-refractivity contribution in [3.63, 3.8) is 0 Å². The average molecular weight is 316 g/mol. The van der Waals surface area contributed by atoms with Gasteiger partial charge in [0.1, 0.15) is 17.4 Å². The van der Waals surface area contributed by atoms with Gasteiger partial charge in [0.05, 0.1) is 18.2 Å². The van der Waals surface area contributed by atoms with E-state index in [0.29, 0.717) is 19.0 Å². The zero-order valence-electron chi connectivity index (χ0n) is 12.7. The van der Waals surface area contributed by atoms with Crippen molar-refractivity contribution in [2.45, 2.75) is 38.3 Å². The first-order chi connectivity index (χ1) is 11.0. The van der Waals surface area contributed by atoms with E-state index in [2.05, 4.69) is 10.1 Å². The minimum absolute atomic E-state index is 0.105. The molecule has 4 rings (SSSR count). The zero-order valence-corrected chi connectivity index (χ0v) is 12.7. The molecule has 1 N–H and O–H groups in total. The molecule has 1 aromatic heterocycles. The van der Waals surface area contributed by atoms with Crippen LogP contribution in [-0.2, 0) is 6.54 Å². The number of hydrogen-bond donors (Lipinski definition) is 1. The van der Waals surface area contributed by atoms with Crippen molar-refractivity contribution in [1.82, 2.24) is 19.7 Å². The summed E-state index contributed by atoms with van der Waals surface area (Å²) < 4.78 is 15.0. The number of aromatic hydroxyl groups is 1. The van der Waals surface area contributed by atoms with E-state index in [1.165, 1.54) is 12.1 Å². The Bertz CT molecular complexity index is 784. The Morgan fingerprint density at radius 2 is 2.13 bits per heavy atom. The van der Waals surface area contributed by atoms with Crippen LogP contribution in [0.5, 0.6) is 5.75 Å². The lowest BCUT2D eigenvalue weighted by molar-refractivity contribution is 0.0627. The number of halogens is 1. The maximum atomic E-state index is 13.1. The Hall–Kier alpha value is -2.44. The number of benzene rings is 1. The summed E-state index contributed by atoms with van der Waals surface area (Å²) in [5, 5.41) is 14.4. The Labute approximate surface area is 132 Å². The number of nitrogens with zero attached hydrogens (tertiary/aromatic N) is 4. The van der Waals surface area contributed by atoms with Crippen molar-refractivity contribution in [3.8, 4) is 5.75 Å². The van der Waals surface area contributed by atoms with Gasteiger partial charge in [-0.1, -0.05) is 0 Å². The topological polar surface area (TPSA) is 71.2 Å². The first-order valence-electron chi connectivity index (χ1n) is 7.78. The van der Waals surface area contributed by atoms with Gasteiger partial charge in [0.25, 0.3) is 5.91 Å². The molecule has 1 fully saturated rings. The summed E-state index contributed by atoms with van der Waals surface area (Å²) in [4.78, 5) is 18.9. The number of fused-ring (bicyclic) bond motifs is 1. The molecular formula is C16H17FN4O2. The van der Waals surface area contributed by atoms with Crippen LogP contribution in [0, 0.1) is 5.82 Å². The third-order valence-electron chi connectivity index (χ3n) is 4.50. The second-order valence-electron chi connectivity index (χ2n) is 6.16. The van der Waals surface area contributed by atoms with Crippen molar-refractivity contribution >= 4 is 5.91 Å². The number of amides is 1. The summed E-state index contributed by atoms with van der Waals surface area (Å²) in [6, 6.07) is 3.21. The highest BCUT2D eigenvalue weighted by Crippen LogP contribution is 2.39. The molecule has 0 unspecified atom stereocenters. The van der Waals surface area contributed by atoms with Crippen molar-refractivity contribution in [3.05, 3.63) is 41.2 Å². The van der Waals surface area contributed by atoms with Gasteiger partial charge in [0, 0.05) is 18.5 Å². The van der Waals surface area contributed by atoms with Crippen molar-refractivity contribution in [1.29, 1.82) is 0 Å². The van der Waals surface area contributed by atoms with Gasteiger partial charge < -0.3 is 10.0 Å². The standard InChI is InChI=1S/C16H17FN4O2/c1-9-15-18-14(10-2-3-10)19-21(15)7-6-20(9)16(23)12-5-4-11(17)8-13(12)22/h4-5,8-10,22H,2-3,6-7H2,1H3/t9-/m1/s1. The van der Waals surface area contributed by atoms with E-state index < -0.39 is 5.82 Å². The van der Waals surface area contributed by atoms with Gasteiger partial charge in [-0.15, -0.1) is 0 Å². The van der Waals surface area contributed by atoms with Gasteiger partial charge >= 0.3 is 0 Å². The third kappa shape index (κ3) is 2.36. The second-order valence-corrected chi connectivity index (χ2v) is 6.16. The molecule has 1 aliphatic carbocycles. The minimum Gasteiger partial charge on any atom is -0.507 e. The highest BCUT2D eigenvalue weighted by Gasteiger charge is 2.35. The summed E-state index contributed by atoms with van der Waals surface area (Å²) in [5.74, 6) is 0.870. The number of carbonyl (C=O) groups excluding carboxylic acids is 1. The lowest BCUT2D eigenvalue weighted by atomic mass is 10.1. The van der Waals surface area contributed by atoms with Crippen LogP contribution in [-0.4, -0.2) is 37.2 Å². The van der Waals surface area contributed by atoms with Gasteiger partial charge in [0.15, 0.2) is 5.82 Å². The number of phenols is 1. The van der Waals surface area contributed by atoms with Gasteiger partial charge in [-0.25, -0.2) is 14.1 Å². The Morgan fingerprint density at radius 3 is 2.83 bits per heavy atom. The summed E-state index contributed by atoms with van der Waals surface area (Å²) >= 11 is 0. The monoisotopic (exact) mass is 316 g/mol. The molecule has 1 saturated carbocycles. The van der Waals surface area contributed by atoms with Crippen LogP contribution in [0.3, 0.4) is 0 Å². The summed E-state index contributed by atoms with van der Waals surface area (Å²) in [6.45, 7) is 2.96. The molecule has 2 heterocycles. The Balaban J connectivity index is 1.63. The van der Waals surface area contributed by atoms with Crippen molar-refractivity contribution in [2.75, 3.05) is 6.54 Å². The maximum absolute atomic E-state index is 13.1. The van der Waals surface area contributed by atoms with Crippen LogP contribution in [0.2, 0.25) is 0 Å². The number of rotatable bonds is 2. The van der Waals surface area contributed by atoms with E-state index >= 15 is 0 Å². The second kappa shape index (κ2) is 5.04. The minimum atomic E-state index is -0.570. The molecule has 1 aromatic carbocycles. The van der Waals surface area contributed by atoms with Crippen LogP contribution in [0.15, 0.2) is 18.2 Å². The van der Waals surface area contributed by atoms with Crippen LogP contribution in [0.1, 0.15) is 53.7 Å². The average Bonchev–Trinajstić information content (AvgIpc) is 3.27. The van der Waals surface area contributed by atoms with E-state index in [9.17, 15) is 14.3 Å². The molecule has 6 nitrogen and oxygen atoms in total. The number of carbonyl (C=O) groups is 1. The first-order valence-corrected chi connectivity index (χ1v) is 7.78. The van der Waals surface area contributed by atoms with Crippen LogP contribution >= 0.6 is 0 Å². The number of phenolic OH excluding ortho intramolecular Hbond substituents is 1. The fourth-order valence-electron chi connectivity index (χ4n) is 3.01. The van der Waals surface area contributed by atoms with E-state index in [1.54, 1.807) is 4.90 Å². The van der Waals surface area contributed by atoms with Crippen LogP contribution in [0.4, 0.5) is 4.39 Å². The molecule has 0 saturated heterocycles. The van der Waals surface area contributed by atoms with Crippen molar-refractivity contribution < 1.29 is 14.3 Å². The normalized spacial score (nSPS) is 20.4. The number of hydrogen-bond acceptors (Lipinski definition) is 4. The molecule has 1 amide bonds. The molecule has 7 heteroatoms. The first kappa shape index (κ1) is 14.2. The highest BCUT2D eigenvalue weighted by molar-refractivity contribution is 5.97. The van der Waals surface area contributed by atoms with Gasteiger partial charge in [-0.2, -0.15) is 5.10 Å². The molecule has 0 bridgehead atoms. The third-order valence-corrected chi connectivity index (χ3v) is 4.50. The Kier molecular flexibility index (Phi) is 3.11. The number of aromatic nitrogens is 3. The van der Waals surface area contributed by atoms with Gasteiger partial charge in [-0.3, -0.25) is 4.79 Å². The fraction of sp³-hybridized carbons (Fsp3) is 0.438. The van der Waals surface area contributed by atoms with Gasteiger partial charge in [-0.05, 0) is 31.9 Å². The van der Waals surface area contributed by atoms with E-state index in [0.717, 1.165) is 30.6 Å². The SMILES string of the molecule is C[C@@H]1c2nc(C3CC3)nn2CCN1C(=O)c1ccc(F)cc1O. The van der Waals surface area contributed by atoms with Crippen LogP contribution in [0.25, 0.3) is 0 Å². The Morgan fingerprint density at radius 1 is 1.35 bits per heavy atom. The van der Waals surface area contributed by atoms with E-state index in [-0.39, 0.29) is 23.3 Å². The molecule has 1 atom stereocenters. The summed E-state index contributed by atoms with van der Waals surface area (Å²) in [7, 11) is 0. The summed E-state index contributed by atoms with van der Waals surface area (Å²) in [6.07, 6.45) is 2.26. The predicted molar refractivity (Wildman–Crippen MR) is 79.5 cm³/mol. The molecule has 0 spiro atoms.